The molecule has 121 heavy (non-hydrogen) atoms. The van der Waals surface area contributed by atoms with Crippen LogP contribution in [0.5, 0.6) is 0 Å². The van der Waals surface area contributed by atoms with Crippen molar-refractivity contribution in [2.45, 2.75) is 129 Å². The number of halogens is 6. The molecule has 29 nitrogen and oxygen atoms in total. The standard InChI is InChI=1S/C28H33Cl2N5O3S.C27H32Cl2N6O5S2.C27H32Cl2N6O4S/c1-19-9-11-20(12-10-19)27-23(18-31-39(37,38)22-7-3-4-8-22)26(28(36)33-34-15-5-2-6-16-34)32-35(27)25-14-13-21(29)17-24(25)30;1-19-5-7-20(8-6-19)26-22(18-30-42(39,40)34-13-15-41(37,38)16-14-34)25(27(36)32-33-11-3-2-4-12-33)31-35(26)24-10-9-21(28)17-23(24)29;1-19-5-7-20(8-6-19)26-22(18-30-40(37,38)34-13-15-39-16-14-34)25(27(36)32-33-11-3-2-4-12-33)31-35(26)24-10-9-21(28)17-23(24)29/h9-14,17,22,31H,2-8,15-16,18H2,1H3,(H,33,36);5-10,17,30H,2-4,11-16,18H2,1H3,(H,32,36);5-10,17,30H,2-4,11-16,18H2,1H3,(H,32,36). The van der Waals surface area contributed by atoms with Crippen molar-refractivity contribution in [3.05, 3.63) is 208 Å². The number of hydrogen-bond donors (Lipinski definition) is 6. The van der Waals surface area contributed by atoms with Gasteiger partial charge in [-0.1, -0.05) is 191 Å². The lowest BCUT2D eigenvalue weighted by Crippen LogP contribution is -2.48. The minimum absolute atomic E-state index is 0.0334. The number of piperidine rings is 3. The minimum atomic E-state index is -4.08. The van der Waals surface area contributed by atoms with E-state index in [2.05, 4.69) is 30.4 Å². The number of hydrazine groups is 3. The zero-order valence-electron chi connectivity index (χ0n) is 67.1. The first-order valence-electron chi connectivity index (χ1n) is 40.3. The van der Waals surface area contributed by atoms with Gasteiger partial charge >= 0.3 is 0 Å². The first-order chi connectivity index (χ1) is 57.9. The van der Waals surface area contributed by atoms with Crippen LogP contribution in [-0.4, -0.2) is 200 Å². The molecule has 3 amide bonds. The maximum Gasteiger partial charge on any atom is 0.286 e. The zero-order valence-corrected chi connectivity index (χ0v) is 74.9. The molecule has 648 valence electrons. The molecule has 0 unspecified atom stereocenters. The van der Waals surface area contributed by atoms with Gasteiger partial charge in [-0.3, -0.25) is 30.7 Å². The molecule has 0 spiro atoms. The molecule has 1 saturated carbocycles. The van der Waals surface area contributed by atoms with Crippen LogP contribution in [0.4, 0.5) is 0 Å². The number of amides is 3. The molecule has 15 rings (SSSR count). The Balaban J connectivity index is 0.000000157. The summed E-state index contributed by atoms with van der Waals surface area (Å²) >= 11 is 38.3. The summed E-state index contributed by atoms with van der Waals surface area (Å²) in [6, 6.07) is 38.1. The molecule has 5 saturated heterocycles. The van der Waals surface area contributed by atoms with Gasteiger partial charge in [0.05, 0.1) is 79.2 Å². The second-order valence-corrected chi connectivity index (χ2v) is 41.0. The molecule has 6 aromatic carbocycles. The Bertz CT molecular complexity index is 5690. The largest absolute Gasteiger partial charge is 0.379 e. The molecular formula is C82H97Cl6N17O12S4. The predicted octanol–water partition coefficient (Wildman–Crippen LogP) is 12.9. The van der Waals surface area contributed by atoms with Gasteiger partial charge in [0.1, 0.15) is 0 Å². The smallest absolute Gasteiger partial charge is 0.286 e. The first-order valence-corrected chi connectivity index (χ1v) is 48.8. The van der Waals surface area contributed by atoms with Crippen molar-refractivity contribution in [3.63, 3.8) is 0 Å². The van der Waals surface area contributed by atoms with E-state index in [-0.39, 0.29) is 80.3 Å². The molecule has 8 heterocycles. The van der Waals surface area contributed by atoms with Crippen molar-refractivity contribution >= 4 is 128 Å². The second kappa shape index (κ2) is 40.7. The fraction of sp³-hybridized carbons (Fsp3) is 0.415. The van der Waals surface area contributed by atoms with Gasteiger partial charge in [0.2, 0.25) is 10.0 Å². The summed E-state index contributed by atoms with van der Waals surface area (Å²) in [5.41, 5.74) is 18.9. The average molecular weight is 1850 g/mol. The van der Waals surface area contributed by atoms with Gasteiger partial charge in [-0.25, -0.2) is 50.6 Å². The third kappa shape index (κ3) is 23.0. The molecular weight excluding hydrogens is 1760 g/mol. The number of hydrogen-bond acceptors (Lipinski definition) is 18. The Morgan fingerprint density at radius 3 is 1.00 bits per heavy atom. The highest BCUT2D eigenvalue weighted by molar-refractivity contribution is 7.92. The Kier molecular flexibility index (Phi) is 30.7. The van der Waals surface area contributed by atoms with Crippen LogP contribution in [0.1, 0.15) is 148 Å². The van der Waals surface area contributed by atoms with Crippen molar-refractivity contribution < 1.29 is 52.8 Å². The topological polar surface area (TPSA) is 339 Å². The number of aryl methyl sites for hydroxylation is 3. The summed E-state index contributed by atoms with van der Waals surface area (Å²) in [4.78, 5) is 41.1. The van der Waals surface area contributed by atoms with Gasteiger partial charge < -0.3 is 4.74 Å². The molecule has 6 N–H and O–H groups in total. The van der Waals surface area contributed by atoms with Crippen LogP contribution < -0.4 is 30.4 Å². The zero-order chi connectivity index (χ0) is 85.9. The highest BCUT2D eigenvalue weighted by atomic mass is 35.5. The van der Waals surface area contributed by atoms with Crippen LogP contribution in [0, 0.1) is 20.8 Å². The Labute approximate surface area is 736 Å². The first kappa shape index (κ1) is 91.2. The third-order valence-electron chi connectivity index (χ3n) is 21.8. The van der Waals surface area contributed by atoms with Gasteiger partial charge in [0, 0.05) is 134 Å². The van der Waals surface area contributed by atoms with Crippen LogP contribution in [-0.2, 0) is 64.7 Å². The van der Waals surface area contributed by atoms with E-state index in [9.17, 15) is 48.1 Å². The van der Waals surface area contributed by atoms with Gasteiger partial charge in [-0.2, -0.15) is 50.2 Å². The third-order valence-corrected chi connectivity index (χ3v) is 30.1. The van der Waals surface area contributed by atoms with Gasteiger partial charge in [-0.05, 0) is 127 Å². The van der Waals surface area contributed by atoms with E-state index < -0.39 is 57.3 Å². The second-order valence-electron chi connectivity index (χ2n) is 30.6. The Morgan fingerprint density at radius 1 is 0.397 bits per heavy atom. The average Bonchev–Trinajstić information content (AvgIpc) is 1.62. The minimum Gasteiger partial charge on any atom is -0.379 e. The van der Waals surface area contributed by atoms with Crippen LogP contribution in [0.3, 0.4) is 0 Å². The lowest BCUT2D eigenvalue weighted by Gasteiger charge is -2.27. The van der Waals surface area contributed by atoms with Gasteiger partial charge in [0.25, 0.3) is 38.1 Å². The number of benzene rings is 6. The molecule has 0 bridgehead atoms. The van der Waals surface area contributed by atoms with Crippen molar-refractivity contribution in [2.24, 2.45) is 0 Å². The van der Waals surface area contributed by atoms with Crippen molar-refractivity contribution in [3.8, 4) is 50.8 Å². The number of carbonyl (C=O) groups excluding carboxylic acids is 3. The van der Waals surface area contributed by atoms with Gasteiger partial charge in [-0.15, -0.1) is 0 Å². The van der Waals surface area contributed by atoms with Crippen LogP contribution >= 0.6 is 69.6 Å². The fourth-order valence-electron chi connectivity index (χ4n) is 15.2. The van der Waals surface area contributed by atoms with E-state index in [0.29, 0.717) is 126 Å². The van der Waals surface area contributed by atoms with Crippen LogP contribution in [0.25, 0.3) is 50.8 Å². The van der Waals surface area contributed by atoms with E-state index in [0.717, 1.165) is 129 Å². The van der Waals surface area contributed by atoms with Crippen LogP contribution in [0.15, 0.2) is 127 Å². The molecule has 39 heteroatoms. The molecule has 0 radical (unpaired) electrons. The summed E-state index contributed by atoms with van der Waals surface area (Å²) in [6.07, 6.45) is 12.3. The molecule has 9 aromatic rings. The number of nitrogens with zero attached hydrogens (tertiary/aromatic N) is 11. The number of sulfonamides is 1. The number of morpholine rings is 1. The Hall–Kier alpha value is -7.46. The van der Waals surface area contributed by atoms with Gasteiger partial charge in [0.15, 0.2) is 26.9 Å². The maximum atomic E-state index is 13.7. The number of sulfone groups is 1. The highest BCUT2D eigenvalue weighted by Crippen LogP contribution is 2.39. The summed E-state index contributed by atoms with van der Waals surface area (Å²) in [6.45, 7) is 10.6. The number of aromatic nitrogens is 6. The van der Waals surface area contributed by atoms with Crippen molar-refractivity contribution in [1.82, 2.24) is 83.4 Å². The van der Waals surface area contributed by atoms with E-state index in [4.69, 9.17) is 89.6 Å². The molecule has 6 fully saturated rings. The quantitative estimate of drug-likeness (QED) is 0.0327. The van der Waals surface area contributed by atoms with E-state index >= 15 is 0 Å². The van der Waals surface area contributed by atoms with E-state index in [1.54, 1.807) is 64.0 Å². The van der Waals surface area contributed by atoms with E-state index in [1.165, 1.54) is 8.99 Å². The monoisotopic (exact) mass is 1850 g/mol. The molecule has 6 aliphatic rings. The molecule has 1 aliphatic carbocycles. The number of ether oxygens (including phenoxy) is 1. The number of rotatable bonds is 24. The van der Waals surface area contributed by atoms with Crippen molar-refractivity contribution in [2.75, 3.05) is 90.2 Å². The summed E-state index contributed by atoms with van der Waals surface area (Å²) in [7, 11) is -14.8. The lowest BCUT2D eigenvalue weighted by atomic mass is 10.0. The lowest BCUT2D eigenvalue weighted by molar-refractivity contribution is 0.0724. The molecule has 3 aromatic heterocycles. The summed E-state index contributed by atoms with van der Waals surface area (Å²) in [5.74, 6) is -1.78. The fourth-order valence-corrected chi connectivity index (χ4v) is 22.0. The highest BCUT2D eigenvalue weighted by Gasteiger charge is 2.37. The number of carbonyl (C=O) groups is 3. The molecule has 5 aliphatic heterocycles. The SMILES string of the molecule is Cc1ccc(-c2c(CNS(=O)(=O)C3CCCC3)c(C(=O)NN3CCCCC3)nn2-c2ccc(Cl)cc2Cl)cc1.Cc1ccc(-c2c(CNS(=O)(=O)N3CCOCC3)c(C(=O)NN3CCCCC3)nn2-c2ccc(Cl)cc2Cl)cc1.Cc1ccc(-c2c(CNS(=O)(=O)N3CCS(=O)(=O)CC3)c(C(=O)NN3CCCCC3)nn2-c2ccc(Cl)cc2Cl)cc1. The van der Waals surface area contributed by atoms with Crippen molar-refractivity contribution in [1.29, 1.82) is 0 Å². The predicted molar refractivity (Wildman–Crippen MR) is 472 cm³/mol. The Morgan fingerprint density at radius 2 is 0.694 bits per heavy atom. The maximum absolute atomic E-state index is 13.7. The summed E-state index contributed by atoms with van der Waals surface area (Å²) in [5, 5.41) is 21.7. The number of nitrogens with one attached hydrogen (secondary N) is 6. The normalized spacial score (nSPS) is 17.5. The summed E-state index contributed by atoms with van der Waals surface area (Å²) < 4.78 is 124. The van der Waals surface area contributed by atoms with E-state index in [1.807, 2.05) is 109 Å². The molecule has 0 atom stereocenters. The van der Waals surface area contributed by atoms with Crippen LogP contribution in [0.2, 0.25) is 30.1 Å².